The van der Waals surface area contributed by atoms with Gasteiger partial charge in [-0.3, -0.25) is 0 Å². The summed E-state index contributed by atoms with van der Waals surface area (Å²) in [6, 6.07) is 4.06. The molecular weight excluding hydrogens is 264 g/mol. The number of hydrogen-bond donors (Lipinski definition) is 0. The summed E-state index contributed by atoms with van der Waals surface area (Å²) < 4.78 is 3.05. The summed E-state index contributed by atoms with van der Waals surface area (Å²) in [4.78, 5) is 0. The third kappa shape index (κ3) is 2.85. The van der Waals surface area contributed by atoms with Crippen molar-refractivity contribution in [3.05, 3.63) is 34.6 Å². The Balaban J connectivity index is 0.000000606. The van der Waals surface area contributed by atoms with Crippen molar-refractivity contribution in [2.75, 3.05) is 0 Å². The average Bonchev–Trinajstić information content (AvgIpc) is 2.74. The van der Waals surface area contributed by atoms with Gasteiger partial charge in [0.25, 0.3) is 0 Å². The molecule has 0 unspecified atom stereocenters. The van der Waals surface area contributed by atoms with Crippen LogP contribution in [0.15, 0.2) is 29.0 Å². The minimum Gasteiger partial charge on any atom is -0.240 e. The van der Waals surface area contributed by atoms with Crippen LogP contribution >= 0.6 is 15.9 Å². The maximum Gasteiger partial charge on any atom is 0.0835 e. The summed E-state index contributed by atoms with van der Waals surface area (Å²) in [6.45, 7) is 6.21. The molecule has 3 heteroatoms. The number of fused-ring (bicyclic) bond motifs is 1. The van der Waals surface area contributed by atoms with Crippen molar-refractivity contribution in [1.82, 2.24) is 9.61 Å². The van der Waals surface area contributed by atoms with E-state index < -0.39 is 0 Å². The van der Waals surface area contributed by atoms with Gasteiger partial charge in [0.05, 0.1) is 11.7 Å². The molecule has 0 fully saturated rings. The quantitative estimate of drug-likeness (QED) is 0.812. The van der Waals surface area contributed by atoms with Crippen LogP contribution in [-0.4, -0.2) is 9.61 Å². The van der Waals surface area contributed by atoms with Crippen LogP contribution in [-0.2, 0) is 6.42 Å². The monoisotopic (exact) mass is 282 g/mol. The van der Waals surface area contributed by atoms with Gasteiger partial charge in [0, 0.05) is 10.7 Å². The molecule has 0 aliphatic heterocycles. The summed E-state index contributed by atoms with van der Waals surface area (Å²) in [6.07, 6.45) is 7.51. The molecule has 2 nitrogen and oxygen atoms in total. The van der Waals surface area contributed by atoms with Crippen LogP contribution in [0.3, 0.4) is 0 Å². The minimum absolute atomic E-state index is 1.11. The Hall–Kier alpha value is -0.830. The summed E-state index contributed by atoms with van der Waals surface area (Å²) in [5, 5.41) is 4.32. The van der Waals surface area contributed by atoms with Crippen molar-refractivity contribution in [2.45, 2.75) is 40.0 Å². The Morgan fingerprint density at radius 1 is 1.38 bits per heavy atom. The van der Waals surface area contributed by atoms with Crippen molar-refractivity contribution < 1.29 is 0 Å². The fourth-order valence-electron chi connectivity index (χ4n) is 1.61. The number of rotatable bonds is 3. The summed E-state index contributed by atoms with van der Waals surface area (Å²) >= 11 is 3.56. The molecular formula is C13H19BrN2. The maximum atomic E-state index is 4.32. The van der Waals surface area contributed by atoms with E-state index in [1.54, 1.807) is 0 Å². The first-order valence-electron chi connectivity index (χ1n) is 5.93. The number of aromatic nitrogens is 2. The van der Waals surface area contributed by atoms with E-state index in [2.05, 4.69) is 34.0 Å². The fourth-order valence-corrected chi connectivity index (χ4v) is 2.20. The van der Waals surface area contributed by atoms with Crippen molar-refractivity contribution in [3.8, 4) is 0 Å². The van der Waals surface area contributed by atoms with Gasteiger partial charge in [-0.1, -0.05) is 27.2 Å². The molecule has 0 aromatic carbocycles. The molecule has 0 spiro atoms. The number of aryl methyl sites for hydroxylation is 1. The zero-order valence-electron chi connectivity index (χ0n) is 10.2. The predicted octanol–water partition coefficient (Wildman–Crippen LogP) is 4.47. The Bertz CT molecular complexity index is 434. The van der Waals surface area contributed by atoms with Crippen LogP contribution < -0.4 is 0 Å². The van der Waals surface area contributed by atoms with Crippen LogP contribution in [0.4, 0.5) is 0 Å². The second-order valence-corrected chi connectivity index (χ2v) is 4.28. The largest absolute Gasteiger partial charge is 0.240 e. The molecule has 2 rings (SSSR count). The number of hydrogen-bond acceptors (Lipinski definition) is 1. The second-order valence-electron chi connectivity index (χ2n) is 3.42. The number of nitrogens with zero attached hydrogens (tertiary/aromatic N) is 2. The molecule has 16 heavy (non-hydrogen) atoms. The molecule has 2 aromatic heterocycles. The molecule has 2 heterocycles. The van der Waals surface area contributed by atoms with Crippen LogP contribution in [0.25, 0.3) is 5.52 Å². The molecule has 0 amide bonds. The normalized spacial score (nSPS) is 10.0. The SMILES string of the molecule is CC.CCCCc1cnn2cccc(Br)c12. The first kappa shape index (κ1) is 13.2. The van der Waals surface area contributed by atoms with Crippen LogP contribution in [0.1, 0.15) is 39.2 Å². The Labute approximate surface area is 106 Å². The highest BCUT2D eigenvalue weighted by Crippen LogP contribution is 2.22. The van der Waals surface area contributed by atoms with Gasteiger partial charge in [-0.05, 0) is 46.5 Å². The van der Waals surface area contributed by atoms with Crippen LogP contribution in [0.2, 0.25) is 0 Å². The minimum atomic E-state index is 1.11. The summed E-state index contributed by atoms with van der Waals surface area (Å²) in [5.74, 6) is 0. The van der Waals surface area contributed by atoms with Gasteiger partial charge in [0.2, 0.25) is 0 Å². The maximum absolute atomic E-state index is 4.32. The van der Waals surface area contributed by atoms with Gasteiger partial charge in [0.1, 0.15) is 0 Å². The zero-order chi connectivity index (χ0) is 12.0. The topological polar surface area (TPSA) is 17.3 Å². The molecule has 0 saturated carbocycles. The molecule has 0 saturated heterocycles. The van der Waals surface area contributed by atoms with Gasteiger partial charge in [-0.15, -0.1) is 0 Å². The molecule has 2 aromatic rings. The highest BCUT2D eigenvalue weighted by atomic mass is 79.9. The molecule has 0 aliphatic rings. The molecule has 0 radical (unpaired) electrons. The molecule has 0 aliphatic carbocycles. The highest BCUT2D eigenvalue weighted by Gasteiger charge is 2.05. The van der Waals surface area contributed by atoms with E-state index in [0.717, 1.165) is 10.9 Å². The van der Waals surface area contributed by atoms with Gasteiger partial charge >= 0.3 is 0 Å². The standard InChI is InChI=1S/C11H13BrN2.C2H6/c1-2-3-5-9-8-13-14-7-4-6-10(12)11(9)14;1-2/h4,6-8H,2-3,5H2,1H3;1-2H3. The Morgan fingerprint density at radius 2 is 2.12 bits per heavy atom. The van der Waals surface area contributed by atoms with E-state index in [-0.39, 0.29) is 0 Å². The average molecular weight is 283 g/mol. The third-order valence-electron chi connectivity index (χ3n) is 2.37. The Kier molecular flexibility index (Phi) is 5.53. The van der Waals surface area contributed by atoms with Gasteiger partial charge in [-0.2, -0.15) is 5.10 Å². The Morgan fingerprint density at radius 3 is 2.81 bits per heavy atom. The first-order chi connectivity index (χ1) is 7.83. The lowest BCUT2D eigenvalue weighted by Crippen LogP contribution is -1.88. The lowest BCUT2D eigenvalue weighted by molar-refractivity contribution is 0.798. The lowest BCUT2D eigenvalue weighted by Gasteiger charge is -1.99. The number of pyridine rings is 1. The summed E-state index contributed by atoms with van der Waals surface area (Å²) in [7, 11) is 0. The van der Waals surface area contributed by atoms with Gasteiger partial charge in [0.15, 0.2) is 0 Å². The molecule has 0 N–H and O–H groups in total. The van der Waals surface area contributed by atoms with E-state index in [0.29, 0.717) is 0 Å². The van der Waals surface area contributed by atoms with Crippen LogP contribution in [0.5, 0.6) is 0 Å². The highest BCUT2D eigenvalue weighted by molar-refractivity contribution is 9.10. The zero-order valence-corrected chi connectivity index (χ0v) is 11.8. The van der Waals surface area contributed by atoms with Gasteiger partial charge in [-0.25, -0.2) is 4.52 Å². The second kappa shape index (κ2) is 6.69. The fraction of sp³-hybridized carbons (Fsp3) is 0.462. The van der Waals surface area contributed by atoms with E-state index in [1.165, 1.54) is 23.9 Å². The summed E-state index contributed by atoms with van der Waals surface area (Å²) in [5.41, 5.74) is 2.54. The smallest absolute Gasteiger partial charge is 0.0835 e. The lowest BCUT2D eigenvalue weighted by atomic mass is 10.1. The first-order valence-corrected chi connectivity index (χ1v) is 6.73. The van der Waals surface area contributed by atoms with E-state index in [1.807, 2.05) is 36.8 Å². The number of unbranched alkanes of at least 4 members (excludes halogenated alkanes) is 1. The van der Waals surface area contributed by atoms with Crippen molar-refractivity contribution >= 4 is 21.4 Å². The van der Waals surface area contributed by atoms with Crippen molar-refractivity contribution in [3.63, 3.8) is 0 Å². The molecule has 0 bridgehead atoms. The van der Waals surface area contributed by atoms with E-state index in [4.69, 9.17) is 0 Å². The van der Waals surface area contributed by atoms with Gasteiger partial charge < -0.3 is 0 Å². The third-order valence-corrected chi connectivity index (χ3v) is 3.01. The van der Waals surface area contributed by atoms with Crippen LogP contribution in [0, 0.1) is 0 Å². The van der Waals surface area contributed by atoms with E-state index >= 15 is 0 Å². The molecule has 88 valence electrons. The number of halogens is 1. The molecule has 0 atom stereocenters. The van der Waals surface area contributed by atoms with Crippen molar-refractivity contribution in [2.24, 2.45) is 0 Å². The predicted molar refractivity (Wildman–Crippen MR) is 72.9 cm³/mol. The van der Waals surface area contributed by atoms with E-state index in [9.17, 15) is 0 Å². The van der Waals surface area contributed by atoms with Crippen molar-refractivity contribution in [1.29, 1.82) is 0 Å².